The number of nitrogens with one attached hydrogen (secondary N) is 2. The lowest BCUT2D eigenvalue weighted by Crippen LogP contribution is -2.16. The Hall–Kier alpha value is -3.24. The van der Waals surface area contributed by atoms with Crippen LogP contribution in [0.15, 0.2) is 71.6 Å². The third-order valence-electron chi connectivity index (χ3n) is 4.30. The van der Waals surface area contributed by atoms with Gasteiger partial charge in [0.2, 0.25) is 0 Å². The van der Waals surface area contributed by atoms with Gasteiger partial charge in [0.25, 0.3) is 15.9 Å². The molecule has 0 radical (unpaired) electrons. The zero-order valence-corrected chi connectivity index (χ0v) is 18.0. The van der Waals surface area contributed by atoms with Crippen molar-refractivity contribution in [3.05, 3.63) is 82.9 Å². The van der Waals surface area contributed by atoms with Gasteiger partial charge in [-0.2, -0.15) is 13.2 Å². The summed E-state index contributed by atoms with van der Waals surface area (Å²) in [6, 6.07) is 13.7. The van der Waals surface area contributed by atoms with E-state index in [0.717, 1.165) is 24.3 Å². The van der Waals surface area contributed by atoms with Crippen LogP contribution in [0.2, 0.25) is 5.02 Å². The molecule has 168 valence electrons. The fourth-order valence-electron chi connectivity index (χ4n) is 2.72. The Labute approximate surface area is 187 Å². The van der Waals surface area contributed by atoms with E-state index in [4.69, 9.17) is 16.3 Å². The van der Waals surface area contributed by atoms with Crippen LogP contribution in [0.1, 0.15) is 15.9 Å². The molecule has 3 aromatic carbocycles. The number of carbonyl (C=O) groups is 1. The number of para-hydroxylation sites is 1. The summed E-state index contributed by atoms with van der Waals surface area (Å²) in [6.45, 7) is 0. The number of ether oxygens (including phenoxy) is 1. The van der Waals surface area contributed by atoms with Crippen LogP contribution < -0.4 is 14.8 Å². The largest absolute Gasteiger partial charge is 0.495 e. The summed E-state index contributed by atoms with van der Waals surface area (Å²) < 4.78 is 71.4. The van der Waals surface area contributed by atoms with Gasteiger partial charge in [0, 0.05) is 11.3 Å². The van der Waals surface area contributed by atoms with E-state index in [0.29, 0.717) is 0 Å². The van der Waals surface area contributed by atoms with Crippen molar-refractivity contribution < 1.29 is 31.1 Å². The monoisotopic (exact) mass is 484 g/mol. The molecule has 3 aromatic rings. The van der Waals surface area contributed by atoms with Crippen molar-refractivity contribution in [1.29, 1.82) is 0 Å². The highest BCUT2D eigenvalue weighted by molar-refractivity contribution is 7.92. The summed E-state index contributed by atoms with van der Waals surface area (Å²) in [7, 11) is -2.88. The Morgan fingerprint density at radius 1 is 1.00 bits per heavy atom. The van der Waals surface area contributed by atoms with E-state index in [9.17, 15) is 26.4 Å². The Morgan fingerprint density at radius 3 is 2.25 bits per heavy atom. The first-order chi connectivity index (χ1) is 15.0. The van der Waals surface area contributed by atoms with Crippen LogP contribution >= 0.6 is 11.6 Å². The molecule has 0 aliphatic carbocycles. The van der Waals surface area contributed by atoms with Crippen molar-refractivity contribution in [2.45, 2.75) is 11.1 Å². The summed E-state index contributed by atoms with van der Waals surface area (Å²) >= 11 is 6.01. The molecular weight excluding hydrogens is 469 g/mol. The lowest BCUT2D eigenvalue weighted by Gasteiger charge is -2.14. The summed E-state index contributed by atoms with van der Waals surface area (Å²) in [5.74, 6) is -0.705. The lowest BCUT2D eigenvalue weighted by molar-refractivity contribution is -0.137. The first kappa shape index (κ1) is 23.4. The third-order valence-corrected chi connectivity index (χ3v) is 6.02. The minimum Gasteiger partial charge on any atom is -0.495 e. The second-order valence-corrected chi connectivity index (χ2v) is 8.54. The molecule has 0 saturated heterocycles. The molecule has 11 heteroatoms. The highest BCUT2D eigenvalue weighted by Gasteiger charge is 2.30. The van der Waals surface area contributed by atoms with Crippen molar-refractivity contribution in [2.75, 3.05) is 17.1 Å². The number of rotatable bonds is 6. The molecule has 0 aliphatic heterocycles. The van der Waals surface area contributed by atoms with E-state index >= 15 is 0 Å². The topological polar surface area (TPSA) is 84.5 Å². The average Bonchev–Trinajstić information content (AvgIpc) is 2.74. The van der Waals surface area contributed by atoms with Gasteiger partial charge in [-0.15, -0.1) is 0 Å². The molecule has 1 amide bonds. The Bertz CT molecular complexity index is 1250. The predicted octanol–water partition coefficient (Wildman–Crippen LogP) is 5.42. The molecule has 0 saturated carbocycles. The second-order valence-electron chi connectivity index (χ2n) is 6.48. The Morgan fingerprint density at radius 2 is 1.66 bits per heavy atom. The lowest BCUT2D eigenvalue weighted by atomic mass is 10.1. The number of benzene rings is 3. The molecule has 32 heavy (non-hydrogen) atoms. The fraction of sp³-hybridized carbons (Fsp3) is 0.0952. The van der Waals surface area contributed by atoms with Crippen molar-refractivity contribution in [2.24, 2.45) is 0 Å². The molecule has 6 nitrogen and oxygen atoms in total. The summed E-state index contributed by atoms with van der Waals surface area (Å²) in [5, 5.41) is 2.64. The van der Waals surface area contributed by atoms with Crippen molar-refractivity contribution in [3.63, 3.8) is 0 Å². The number of sulfonamides is 1. The number of carbonyl (C=O) groups excluding carboxylic acids is 1. The normalized spacial score (nSPS) is 11.7. The third kappa shape index (κ3) is 5.32. The van der Waals surface area contributed by atoms with Crippen molar-refractivity contribution in [3.8, 4) is 5.75 Å². The standard InChI is InChI=1S/C21H16ClF3N2O4S/c1-31-18-11-10-15(26-20(28)13-6-8-14(9-7-13)21(23,24)25)12-19(18)32(29,30)27-17-5-3-2-4-16(17)22/h2-12,27H,1H3,(H,26,28). The Kier molecular flexibility index (Phi) is 6.65. The van der Waals surface area contributed by atoms with Crippen LogP contribution in [0, 0.1) is 0 Å². The zero-order valence-electron chi connectivity index (χ0n) is 16.4. The van der Waals surface area contributed by atoms with Gasteiger partial charge in [0.05, 0.1) is 23.4 Å². The highest BCUT2D eigenvalue weighted by Crippen LogP contribution is 2.32. The number of alkyl halides is 3. The van der Waals surface area contributed by atoms with Gasteiger partial charge in [0.15, 0.2) is 0 Å². The molecule has 0 fully saturated rings. The number of methoxy groups -OCH3 is 1. The van der Waals surface area contributed by atoms with Gasteiger partial charge < -0.3 is 10.1 Å². The molecule has 3 rings (SSSR count). The maximum atomic E-state index is 12.9. The molecule has 0 bridgehead atoms. The highest BCUT2D eigenvalue weighted by atomic mass is 35.5. The van der Waals surface area contributed by atoms with E-state index in [1.165, 1.54) is 37.4 Å². The van der Waals surface area contributed by atoms with Gasteiger partial charge >= 0.3 is 6.18 Å². The smallest absolute Gasteiger partial charge is 0.416 e. The predicted molar refractivity (Wildman–Crippen MR) is 115 cm³/mol. The second kappa shape index (κ2) is 9.09. The van der Waals surface area contributed by atoms with E-state index in [-0.39, 0.29) is 32.6 Å². The molecule has 0 atom stereocenters. The minimum absolute atomic E-state index is 0.0112. The van der Waals surface area contributed by atoms with E-state index in [1.54, 1.807) is 12.1 Å². The maximum absolute atomic E-state index is 12.9. The number of amides is 1. The molecule has 0 heterocycles. The van der Waals surface area contributed by atoms with Crippen molar-refractivity contribution >= 4 is 38.9 Å². The first-order valence-electron chi connectivity index (χ1n) is 8.95. The van der Waals surface area contributed by atoms with Crippen LogP contribution in [-0.2, 0) is 16.2 Å². The molecule has 0 aromatic heterocycles. The fourth-order valence-corrected chi connectivity index (χ4v) is 4.24. The van der Waals surface area contributed by atoms with Gasteiger partial charge in [-0.25, -0.2) is 8.42 Å². The molecule has 2 N–H and O–H groups in total. The number of hydrogen-bond donors (Lipinski definition) is 2. The molecule has 0 spiro atoms. The SMILES string of the molecule is COc1ccc(NC(=O)c2ccc(C(F)(F)F)cc2)cc1S(=O)(=O)Nc1ccccc1Cl. The Balaban J connectivity index is 1.87. The van der Waals surface area contributed by atoms with Crippen LogP contribution in [0.5, 0.6) is 5.75 Å². The maximum Gasteiger partial charge on any atom is 0.416 e. The molecule has 0 unspecified atom stereocenters. The summed E-state index contributed by atoms with van der Waals surface area (Å²) in [4.78, 5) is 12.1. The van der Waals surface area contributed by atoms with Crippen LogP contribution in [0.3, 0.4) is 0 Å². The first-order valence-corrected chi connectivity index (χ1v) is 10.8. The molecular formula is C21H16ClF3N2O4S. The number of hydrogen-bond acceptors (Lipinski definition) is 4. The quantitative estimate of drug-likeness (QED) is 0.489. The molecule has 0 aliphatic rings. The van der Waals surface area contributed by atoms with Gasteiger partial charge in [-0.1, -0.05) is 23.7 Å². The van der Waals surface area contributed by atoms with Gasteiger partial charge in [-0.3, -0.25) is 9.52 Å². The zero-order chi connectivity index (χ0) is 23.5. The van der Waals surface area contributed by atoms with Crippen LogP contribution in [0.4, 0.5) is 24.5 Å². The summed E-state index contributed by atoms with van der Waals surface area (Å²) in [5.41, 5.74) is -0.685. The van der Waals surface area contributed by atoms with Crippen molar-refractivity contribution in [1.82, 2.24) is 0 Å². The van der Waals surface area contributed by atoms with Gasteiger partial charge in [-0.05, 0) is 54.6 Å². The number of halogens is 4. The average molecular weight is 485 g/mol. The summed E-state index contributed by atoms with van der Waals surface area (Å²) in [6.07, 6.45) is -4.52. The van der Waals surface area contributed by atoms with E-state index in [1.807, 2.05) is 0 Å². The van der Waals surface area contributed by atoms with Crippen LogP contribution in [-0.4, -0.2) is 21.4 Å². The van der Waals surface area contributed by atoms with Crippen LogP contribution in [0.25, 0.3) is 0 Å². The van der Waals surface area contributed by atoms with Gasteiger partial charge in [0.1, 0.15) is 10.6 Å². The minimum atomic E-state index is -4.52. The van der Waals surface area contributed by atoms with E-state index in [2.05, 4.69) is 10.0 Å². The number of anilines is 2. The van der Waals surface area contributed by atoms with E-state index < -0.39 is 27.7 Å².